The first kappa shape index (κ1) is 24.4. The molecule has 0 bridgehead atoms. The summed E-state index contributed by atoms with van der Waals surface area (Å²) in [5.41, 5.74) is 4.84. The molecule has 3 rings (SSSR count). The van der Waals surface area contributed by atoms with Gasteiger partial charge in [-0.05, 0) is 0 Å². The molecule has 0 amide bonds. The molecule has 0 radical (unpaired) electrons. The summed E-state index contributed by atoms with van der Waals surface area (Å²) < 4.78 is 2.56. The summed E-state index contributed by atoms with van der Waals surface area (Å²) >= 11 is -0.598. The molecule has 0 nitrogen and oxygen atoms in total. The van der Waals surface area contributed by atoms with Crippen molar-refractivity contribution in [1.82, 2.24) is 0 Å². The van der Waals surface area contributed by atoms with Crippen LogP contribution in [0.1, 0.15) is 61.7 Å². The van der Waals surface area contributed by atoms with E-state index in [2.05, 4.69) is 76.3 Å². The molecule has 1 aromatic rings. The second kappa shape index (κ2) is 11.4. The third-order valence-electron chi connectivity index (χ3n) is 5.44. The van der Waals surface area contributed by atoms with Gasteiger partial charge in [-0.1, -0.05) is 0 Å². The average Bonchev–Trinajstić information content (AvgIpc) is 3.24. The maximum Gasteiger partial charge on any atom is -1.00 e. The van der Waals surface area contributed by atoms with Crippen molar-refractivity contribution in [1.29, 1.82) is 0 Å². The average molecular weight is 487 g/mol. The van der Waals surface area contributed by atoms with Gasteiger partial charge in [0.2, 0.25) is 0 Å². The number of fused-ring (bicyclic) bond motifs is 1. The van der Waals surface area contributed by atoms with E-state index in [1.54, 1.807) is 8.84 Å². The molecule has 0 saturated carbocycles. The van der Waals surface area contributed by atoms with Crippen molar-refractivity contribution in [3.05, 3.63) is 62.2 Å². The van der Waals surface area contributed by atoms with Gasteiger partial charge in [0.25, 0.3) is 0 Å². The molecule has 0 saturated heterocycles. The molecule has 0 N–H and O–H groups in total. The first-order valence-electron chi connectivity index (χ1n) is 9.36. The van der Waals surface area contributed by atoms with Crippen LogP contribution >= 0.6 is 7.92 Å². The third kappa shape index (κ3) is 5.23. The molecule has 0 heterocycles. The van der Waals surface area contributed by atoms with Gasteiger partial charge in [0.05, 0.1) is 0 Å². The van der Waals surface area contributed by atoms with E-state index >= 15 is 0 Å². The fourth-order valence-corrected chi connectivity index (χ4v) is 12.2. The Balaban J connectivity index is 0.00000169. The van der Waals surface area contributed by atoms with Crippen LogP contribution in [0, 0.1) is 0 Å². The van der Waals surface area contributed by atoms with Gasteiger partial charge in [-0.25, -0.2) is 0 Å². The molecule has 3 atom stereocenters. The molecule has 0 spiro atoms. The summed E-state index contributed by atoms with van der Waals surface area (Å²) in [5.74, 6) is 0. The second-order valence-corrected chi connectivity index (χ2v) is 13.8. The Morgan fingerprint density at radius 1 is 1.08 bits per heavy atom. The predicted octanol–water partition coefficient (Wildman–Crippen LogP) is 1.10. The fraction of sp³-hybridized carbons (Fsp3) is 0.455. The predicted molar refractivity (Wildman–Crippen MR) is 105 cm³/mol. The third-order valence-corrected chi connectivity index (χ3v) is 13.7. The zero-order valence-corrected chi connectivity index (χ0v) is 21.0. The SMILES string of the molecule is CCC(C)P(C1=Cc2ccccc2[CH]1[Zr+2][C]1=CC=CC1)C(C)CC.[Cl-].[Cl-]. The Hall–Kier alpha value is 0.333. The molecular weight excluding hydrogens is 457 g/mol. The smallest absolute Gasteiger partial charge is 1.00 e. The van der Waals surface area contributed by atoms with E-state index in [0.29, 0.717) is 0 Å². The van der Waals surface area contributed by atoms with Gasteiger partial charge in [-0.2, -0.15) is 0 Å². The summed E-state index contributed by atoms with van der Waals surface area (Å²) in [5, 5.41) is 1.84. The van der Waals surface area contributed by atoms with E-state index in [4.69, 9.17) is 0 Å². The Morgan fingerprint density at radius 2 is 1.73 bits per heavy atom. The van der Waals surface area contributed by atoms with E-state index in [-0.39, 0.29) is 32.7 Å². The molecule has 0 aliphatic heterocycles. The van der Waals surface area contributed by atoms with Crippen LogP contribution in [0.5, 0.6) is 0 Å². The summed E-state index contributed by atoms with van der Waals surface area (Å²) in [6.07, 6.45) is 13.5. The number of rotatable bonds is 7. The van der Waals surface area contributed by atoms with Gasteiger partial charge in [-0.15, -0.1) is 0 Å². The monoisotopic (exact) mass is 484 g/mol. The number of benzene rings is 1. The molecule has 2 aliphatic carbocycles. The van der Waals surface area contributed by atoms with Crippen molar-refractivity contribution in [2.24, 2.45) is 0 Å². The molecule has 3 unspecified atom stereocenters. The van der Waals surface area contributed by atoms with E-state index in [9.17, 15) is 0 Å². The van der Waals surface area contributed by atoms with E-state index in [0.717, 1.165) is 14.9 Å². The summed E-state index contributed by atoms with van der Waals surface area (Å²) in [7, 11) is -0.0343. The maximum atomic E-state index is 2.60. The van der Waals surface area contributed by atoms with E-state index in [1.807, 2.05) is 5.31 Å². The van der Waals surface area contributed by atoms with Crippen molar-refractivity contribution in [3.8, 4) is 0 Å². The zero-order valence-electron chi connectivity index (χ0n) is 16.2. The summed E-state index contributed by atoms with van der Waals surface area (Å²) in [6, 6.07) is 9.22. The minimum Gasteiger partial charge on any atom is -1.00 e. The molecule has 2 aliphatic rings. The molecule has 1 aromatic carbocycles. The van der Waals surface area contributed by atoms with Crippen LogP contribution in [0.25, 0.3) is 6.08 Å². The quantitative estimate of drug-likeness (QED) is 0.507. The van der Waals surface area contributed by atoms with Gasteiger partial charge >= 0.3 is 161 Å². The Bertz CT molecular complexity index is 670. The number of hydrogen-bond donors (Lipinski definition) is 0. The van der Waals surface area contributed by atoms with Crippen LogP contribution in [0.3, 0.4) is 0 Å². The largest absolute Gasteiger partial charge is 1.00 e. The van der Waals surface area contributed by atoms with Crippen LogP contribution in [0.15, 0.2) is 51.1 Å². The van der Waals surface area contributed by atoms with E-state index < -0.39 is 23.2 Å². The zero-order chi connectivity index (χ0) is 17.1. The fourth-order valence-electron chi connectivity index (χ4n) is 3.76. The number of hydrogen-bond acceptors (Lipinski definition) is 0. The molecule has 4 heteroatoms. The minimum atomic E-state index is -0.598. The van der Waals surface area contributed by atoms with Gasteiger partial charge in [-0.3, -0.25) is 0 Å². The van der Waals surface area contributed by atoms with Crippen molar-refractivity contribution in [3.63, 3.8) is 0 Å². The van der Waals surface area contributed by atoms with Gasteiger partial charge < -0.3 is 24.8 Å². The second-order valence-electron chi connectivity index (χ2n) is 7.02. The molecule has 0 fully saturated rings. The number of allylic oxidation sites excluding steroid dienone is 5. The molecular formula is C22H29Cl2PZr. The molecule has 26 heavy (non-hydrogen) atoms. The van der Waals surface area contributed by atoms with Crippen LogP contribution < -0.4 is 24.8 Å². The van der Waals surface area contributed by atoms with E-state index in [1.165, 1.54) is 24.8 Å². The molecule has 0 aromatic heterocycles. The first-order chi connectivity index (χ1) is 11.7. The summed E-state index contributed by atoms with van der Waals surface area (Å²) in [4.78, 5) is 0. The van der Waals surface area contributed by atoms with Crippen LogP contribution in [0.2, 0.25) is 0 Å². The van der Waals surface area contributed by atoms with Gasteiger partial charge in [0, 0.05) is 0 Å². The van der Waals surface area contributed by atoms with Crippen molar-refractivity contribution < 1.29 is 48.0 Å². The van der Waals surface area contributed by atoms with Crippen molar-refractivity contribution in [2.75, 3.05) is 0 Å². The van der Waals surface area contributed by atoms with Crippen LogP contribution in [-0.2, 0) is 23.2 Å². The summed E-state index contributed by atoms with van der Waals surface area (Å²) in [6.45, 7) is 9.76. The molecule has 140 valence electrons. The normalized spacial score (nSPS) is 20.7. The van der Waals surface area contributed by atoms with Crippen molar-refractivity contribution >= 4 is 14.0 Å². The minimum absolute atomic E-state index is 0. The first-order valence-corrected chi connectivity index (χ1v) is 13.5. The number of halogens is 2. The maximum absolute atomic E-state index is 2.60. The van der Waals surface area contributed by atoms with Crippen LogP contribution in [0.4, 0.5) is 0 Å². The van der Waals surface area contributed by atoms with Gasteiger partial charge in [0.15, 0.2) is 0 Å². The Labute approximate surface area is 185 Å². The Kier molecular flexibility index (Phi) is 10.7. The standard InChI is InChI=1S/C17H24P.C5H5.2ClH.Zr/c1-5-13(3)18(14(4)6-2)17-11-15-9-7-8-10-16(15)12-17;1-2-4-5-3-1;;;/h7-14H,5-6H2,1-4H3;1-3H,4H2;2*1H;/q;;;;+2/p-2. The topological polar surface area (TPSA) is 0 Å². The van der Waals surface area contributed by atoms with Crippen LogP contribution in [-0.4, -0.2) is 11.3 Å². The van der Waals surface area contributed by atoms with Gasteiger partial charge in [0.1, 0.15) is 0 Å². The Morgan fingerprint density at radius 3 is 2.31 bits per heavy atom. The van der Waals surface area contributed by atoms with Crippen molar-refractivity contribution in [2.45, 2.75) is 61.9 Å².